The summed E-state index contributed by atoms with van der Waals surface area (Å²) < 4.78 is 63.9. The molecule has 0 amide bonds. The molecule has 0 aliphatic heterocycles. The normalized spacial score (nSPS) is 14.5. The topological polar surface area (TPSA) is 46.2 Å². The third-order valence-electron chi connectivity index (χ3n) is 2.07. The molecule has 0 aliphatic rings. The summed E-state index contributed by atoms with van der Waals surface area (Å²) in [7, 11) is -4.19. The zero-order valence-corrected chi connectivity index (χ0v) is 11.7. The van der Waals surface area contributed by atoms with Crippen LogP contribution in [0.25, 0.3) is 0 Å². The van der Waals surface area contributed by atoms with Crippen LogP contribution in [0, 0.1) is 0 Å². The van der Waals surface area contributed by atoms with Crippen molar-refractivity contribution in [2.45, 2.75) is 24.0 Å². The molecule has 1 aromatic rings. The van der Waals surface area contributed by atoms with Crippen molar-refractivity contribution in [1.29, 1.82) is 0 Å². The fourth-order valence-electron chi connectivity index (χ4n) is 1.30. The highest BCUT2D eigenvalue weighted by molar-refractivity contribution is 9.09. The quantitative estimate of drug-likeness (QED) is 0.853. The second-order valence-electron chi connectivity index (χ2n) is 3.67. The van der Waals surface area contributed by atoms with E-state index in [1.54, 1.807) is 6.92 Å². The highest BCUT2D eigenvalue weighted by Gasteiger charge is 2.37. The Morgan fingerprint density at radius 2 is 1.89 bits per heavy atom. The molecule has 0 fully saturated rings. The van der Waals surface area contributed by atoms with Crippen molar-refractivity contribution in [3.8, 4) is 0 Å². The van der Waals surface area contributed by atoms with E-state index in [0.717, 1.165) is 18.2 Å². The highest BCUT2D eigenvalue weighted by Crippen LogP contribution is 2.33. The molecule has 0 bridgehead atoms. The fourth-order valence-corrected chi connectivity index (χ4v) is 3.14. The predicted octanol–water partition coefficient (Wildman–Crippen LogP) is 2.77. The van der Waals surface area contributed by atoms with Crippen LogP contribution in [0.4, 0.5) is 13.2 Å². The lowest BCUT2D eigenvalue weighted by Crippen LogP contribution is -2.34. The Labute approximate surface area is 112 Å². The van der Waals surface area contributed by atoms with Gasteiger partial charge >= 0.3 is 6.18 Å². The molecule has 18 heavy (non-hydrogen) atoms. The van der Waals surface area contributed by atoms with Crippen LogP contribution in [0.5, 0.6) is 0 Å². The molecule has 0 heterocycles. The lowest BCUT2D eigenvalue weighted by molar-refractivity contribution is -0.139. The maximum absolute atomic E-state index is 12.7. The van der Waals surface area contributed by atoms with Gasteiger partial charge in [0.05, 0.1) is 10.5 Å². The first-order valence-corrected chi connectivity index (χ1v) is 7.53. The standard InChI is InChI=1S/C10H11BrF3NO2S/c1-7(6-11)15-18(16,17)9-5-3-2-4-8(9)10(12,13)14/h2-5,7,15H,6H2,1H3. The van der Waals surface area contributed by atoms with E-state index in [0.29, 0.717) is 5.33 Å². The van der Waals surface area contributed by atoms with E-state index in [4.69, 9.17) is 0 Å². The molecule has 1 N–H and O–H groups in total. The Hall–Kier alpha value is -0.600. The lowest BCUT2D eigenvalue weighted by Gasteiger charge is -2.15. The van der Waals surface area contributed by atoms with Gasteiger partial charge in [-0.05, 0) is 19.1 Å². The van der Waals surface area contributed by atoms with E-state index in [9.17, 15) is 21.6 Å². The van der Waals surface area contributed by atoms with Gasteiger partial charge in [0.25, 0.3) is 0 Å². The van der Waals surface area contributed by atoms with Crippen LogP contribution in [-0.2, 0) is 16.2 Å². The molecular weight excluding hydrogens is 335 g/mol. The molecule has 8 heteroatoms. The summed E-state index contributed by atoms with van der Waals surface area (Å²) in [5.74, 6) is 0. The van der Waals surface area contributed by atoms with Gasteiger partial charge in [0, 0.05) is 11.4 Å². The second-order valence-corrected chi connectivity index (χ2v) is 6.00. The second kappa shape index (κ2) is 5.58. The van der Waals surface area contributed by atoms with Gasteiger partial charge in [0.2, 0.25) is 10.0 Å². The zero-order chi connectivity index (χ0) is 14.0. The summed E-state index contributed by atoms with van der Waals surface area (Å²) in [6, 6.07) is 3.58. The number of hydrogen-bond donors (Lipinski definition) is 1. The van der Waals surface area contributed by atoms with Crippen molar-refractivity contribution in [1.82, 2.24) is 4.72 Å². The third kappa shape index (κ3) is 3.69. The van der Waals surface area contributed by atoms with E-state index >= 15 is 0 Å². The van der Waals surface area contributed by atoms with Crippen LogP contribution >= 0.6 is 15.9 Å². The summed E-state index contributed by atoms with van der Waals surface area (Å²) >= 11 is 3.05. The van der Waals surface area contributed by atoms with Gasteiger partial charge < -0.3 is 0 Å². The van der Waals surface area contributed by atoms with Gasteiger partial charge in [-0.15, -0.1) is 0 Å². The average molecular weight is 346 g/mol. The SMILES string of the molecule is CC(CBr)NS(=O)(=O)c1ccccc1C(F)(F)F. The number of halogens is 4. The van der Waals surface area contributed by atoms with Gasteiger partial charge in [0.1, 0.15) is 0 Å². The monoisotopic (exact) mass is 345 g/mol. The van der Waals surface area contributed by atoms with Crippen molar-refractivity contribution < 1.29 is 21.6 Å². The molecule has 1 rings (SSSR count). The van der Waals surface area contributed by atoms with Gasteiger partial charge in [-0.1, -0.05) is 28.1 Å². The highest BCUT2D eigenvalue weighted by atomic mass is 79.9. The minimum absolute atomic E-state index is 0.306. The maximum Gasteiger partial charge on any atom is 0.417 e. The van der Waals surface area contributed by atoms with E-state index in [1.807, 2.05) is 0 Å². The van der Waals surface area contributed by atoms with Crippen molar-refractivity contribution in [3.63, 3.8) is 0 Å². The molecule has 3 nitrogen and oxygen atoms in total. The first-order valence-electron chi connectivity index (χ1n) is 4.93. The largest absolute Gasteiger partial charge is 0.417 e. The predicted molar refractivity (Wildman–Crippen MR) is 65.0 cm³/mol. The summed E-state index contributed by atoms with van der Waals surface area (Å²) in [5.41, 5.74) is -1.17. The molecule has 0 saturated heterocycles. The van der Waals surface area contributed by atoms with Crippen molar-refractivity contribution >= 4 is 26.0 Å². The molecule has 1 aromatic carbocycles. The maximum atomic E-state index is 12.7. The van der Waals surface area contributed by atoms with Gasteiger partial charge in [0.15, 0.2) is 0 Å². The van der Waals surface area contributed by atoms with Crippen LogP contribution in [-0.4, -0.2) is 19.8 Å². The Balaban J connectivity index is 3.25. The molecule has 1 unspecified atom stereocenters. The average Bonchev–Trinajstić information content (AvgIpc) is 2.27. The van der Waals surface area contributed by atoms with Crippen LogP contribution in [0.2, 0.25) is 0 Å². The molecule has 0 radical (unpaired) electrons. The summed E-state index contributed by atoms with van der Waals surface area (Å²) in [4.78, 5) is -0.759. The van der Waals surface area contributed by atoms with Crippen LogP contribution in [0.3, 0.4) is 0 Å². The van der Waals surface area contributed by atoms with E-state index in [2.05, 4.69) is 20.7 Å². The zero-order valence-electron chi connectivity index (χ0n) is 9.33. The van der Waals surface area contributed by atoms with E-state index in [-0.39, 0.29) is 0 Å². The Kier molecular flexibility index (Phi) is 4.79. The number of rotatable bonds is 4. The summed E-state index contributed by atoms with van der Waals surface area (Å²) in [6.07, 6.45) is -4.71. The fraction of sp³-hybridized carbons (Fsp3) is 0.400. The van der Waals surface area contributed by atoms with Crippen molar-refractivity contribution in [3.05, 3.63) is 29.8 Å². The number of alkyl halides is 4. The molecule has 0 saturated carbocycles. The van der Waals surface area contributed by atoms with Gasteiger partial charge in [-0.25, -0.2) is 13.1 Å². The van der Waals surface area contributed by atoms with Crippen LogP contribution in [0.15, 0.2) is 29.2 Å². The molecule has 0 aliphatic carbocycles. The lowest BCUT2D eigenvalue weighted by atomic mass is 10.2. The summed E-state index contributed by atoms with van der Waals surface area (Å²) in [6.45, 7) is 1.54. The number of nitrogens with one attached hydrogen (secondary N) is 1. The Bertz CT molecular complexity index is 516. The molecule has 1 atom stereocenters. The first-order chi connectivity index (χ1) is 8.18. The smallest absolute Gasteiger partial charge is 0.207 e. The van der Waals surface area contributed by atoms with Crippen molar-refractivity contribution in [2.75, 3.05) is 5.33 Å². The third-order valence-corrected chi connectivity index (χ3v) is 4.69. The number of hydrogen-bond acceptors (Lipinski definition) is 2. The summed E-state index contributed by atoms with van der Waals surface area (Å²) in [5, 5.41) is 0.306. The van der Waals surface area contributed by atoms with Gasteiger partial charge in [-0.2, -0.15) is 13.2 Å². The molecular formula is C10H11BrF3NO2S. The minimum Gasteiger partial charge on any atom is -0.207 e. The molecule has 0 aromatic heterocycles. The van der Waals surface area contributed by atoms with Gasteiger partial charge in [-0.3, -0.25) is 0 Å². The Morgan fingerprint density at radius 3 is 2.39 bits per heavy atom. The molecule has 0 spiro atoms. The van der Waals surface area contributed by atoms with Crippen LogP contribution in [0.1, 0.15) is 12.5 Å². The number of sulfonamides is 1. The van der Waals surface area contributed by atoms with E-state index in [1.165, 1.54) is 6.07 Å². The number of benzene rings is 1. The van der Waals surface area contributed by atoms with Crippen LogP contribution < -0.4 is 4.72 Å². The minimum atomic E-state index is -4.71. The first kappa shape index (κ1) is 15.5. The van der Waals surface area contributed by atoms with E-state index < -0.39 is 32.7 Å². The Morgan fingerprint density at radius 1 is 1.33 bits per heavy atom. The van der Waals surface area contributed by atoms with Crippen molar-refractivity contribution in [2.24, 2.45) is 0 Å². The molecule has 102 valence electrons.